The van der Waals surface area contributed by atoms with Gasteiger partial charge in [0.1, 0.15) is 11.9 Å². The van der Waals surface area contributed by atoms with E-state index in [2.05, 4.69) is 62.5 Å². The van der Waals surface area contributed by atoms with Gasteiger partial charge in [-0.05, 0) is 38.5 Å². The van der Waals surface area contributed by atoms with E-state index in [1.54, 1.807) is 0 Å². The predicted octanol–water partition coefficient (Wildman–Crippen LogP) is 4.11. The largest absolute Gasteiger partial charge is 0.489 e. The molecular formula is C18H23NO. The lowest BCUT2D eigenvalue weighted by Gasteiger charge is -2.19. The topological polar surface area (TPSA) is 21.3 Å². The van der Waals surface area contributed by atoms with Crippen molar-refractivity contribution in [2.45, 2.75) is 32.9 Å². The second-order valence-corrected chi connectivity index (χ2v) is 5.28. The van der Waals surface area contributed by atoms with Crippen molar-refractivity contribution in [3.8, 4) is 5.75 Å². The minimum Gasteiger partial charge on any atom is -0.489 e. The minimum absolute atomic E-state index is 0.142. The number of hydrogen-bond acceptors (Lipinski definition) is 2. The van der Waals surface area contributed by atoms with Gasteiger partial charge in [-0.25, -0.2) is 0 Å². The van der Waals surface area contributed by atoms with Crippen molar-refractivity contribution >= 4 is 0 Å². The zero-order valence-corrected chi connectivity index (χ0v) is 12.5. The lowest BCUT2D eigenvalue weighted by atomic mass is 10.1. The van der Waals surface area contributed by atoms with Gasteiger partial charge in [-0.15, -0.1) is 0 Å². The number of nitrogens with one attached hydrogen (secondary N) is 1. The number of hydrogen-bond donors (Lipinski definition) is 1. The van der Waals surface area contributed by atoms with E-state index in [0.717, 1.165) is 12.3 Å². The summed E-state index contributed by atoms with van der Waals surface area (Å²) in [5.41, 5.74) is 2.55. The van der Waals surface area contributed by atoms with Crippen LogP contribution in [0, 0.1) is 6.92 Å². The van der Waals surface area contributed by atoms with Crippen molar-refractivity contribution in [3.63, 3.8) is 0 Å². The molecule has 0 aliphatic heterocycles. The third kappa shape index (κ3) is 4.39. The molecule has 0 saturated heterocycles. The van der Waals surface area contributed by atoms with Gasteiger partial charge in [0.2, 0.25) is 0 Å². The molecule has 0 amide bonds. The van der Waals surface area contributed by atoms with Crippen LogP contribution in [0.4, 0.5) is 0 Å². The number of ether oxygens (including phenoxy) is 1. The molecule has 0 aromatic heterocycles. The smallest absolute Gasteiger partial charge is 0.119 e. The molecule has 20 heavy (non-hydrogen) atoms. The molecule has 0 heterocycles. The van der Waals surface area contributed by atoms with Crippen molar-refractivity contribution in [1.82, 2.24) is 5.32 Å². The van der Waals surface area contributed by atoms with Gasteiger partial charge in [-0.3, -0.25) is 0 Å². The van der Waals surface area contributed by atoms with Crippen molar-refractivity contribution in [1.29, 1.82) is 0 Å². The van der Waals surface area contributed by atoms with Crippen molar-refractivity contribution in [2.24, 2.45) is 0 Å². The predicted molar refractivity (Wildman–Crippen MR) is 84.1 cm³/mol. The van der Waals surface area contributed by atoms with E-state index in [1.807, 2.05) is 18.2 Å². The highest BCUT2D eigenvalue weighted by molar-refractivity contribution is 5.26. The first-order chi connectivity index (χ1) is 9.65. The SMILES string of the molecule is Cc1ccc(O[C@H](C)CN[C@H](C)c2ccccc2)cc1. The van der Waals surface area contributed by atoms with Gasteiger partial charge in [0.05, 0.1) is 0 Å². The Morgan fingerprint density at radius 1 is 0.950 bits per heavy atom. The second-order valence-electron chi connectivity index (χ2n) is 5.28. The standard InChI is InChI=1S/C18H23NO/c1-14-9-11-18(12-10-14)20-15(2)13-19-16(3)17-7-5-4-6-8-17/h4-12,15-16,19H,13H2,1-3H3/t15-,16-/m1/s1. The highest BCUT2D eigenvalue weighted by atomic mass is 16.5. The summed E-state index contributed by atoms with van der Waals surface area (Å²) in [6.07, 6.45) is 0.142. The maximum absolute atomic E-state index is 5.89. The van der Waals surface area contributed by atoms with E-state index in [-0.39, 0.29) is 6.10 Å². The summed E-state index contributed by atoms with van der Waals surface area (Å²) in [6.45, 7) is 7.17. The molecule has 0 saturated carbocycles. The molecule has 2 aromatic carbocycles. The summed E-state index contributed by atoms with van der Waals surface area (Å²) >= 11 is 0. The van der Waals surface area contributed by atoms with E-state index < -0.39 is 0 Å². The molecule has 2 atom stereocenters. The van der Waals surface area contributed by atoms with Crippen LogP contribution in [0.2, 0.25) is 0 Å². The molecule has 0 radical (unpaired) electrons. The van der Waals surface area contributed by atoms with Gasteiger partial charge in [0.25, 0.3) is 0 Å². The Balaban J connectivity index is 1.80. The van der Waals surface area contributed by atoms with E-state index >= 15 is 0 Å². The first kappa shape index (κ1) is 14.6. The minimum atomic E-state index is 0.142. The lowest BCUT2D eigenvalue weighted by molar-refractivity contribution is 0.212. The van der Waals surface area contributed by atoms with Gasteiger partial charge in [-0.1, -0.05) is 48.0 Å². The van der Waals surface area contributed by atoms with Crippen molar-refractivity contribution < 1.29 is 4.74 Å². The first-order valence-electron chi connectivity index (χ1n) is 7.17. The quantitative estimate of drug-likeness (QED) is 0.852. The maximum atomic E-state index is 5.89. The van der Waals surface area contributed by atoms with Gasteiger partial charge in [-0.2, -0.15) is 0 Å². The van der Waals surface area contributed by atoms with Gasteiger partial charge in [0, 0.05) is 12.6 Å². The lowest BCUT2D eigenvalue weighted by Crippen LogP contribution is -2.30. The Morgan fingerprint density at radius 3 is 2.25 bits per heavy atom. The fourth-order valence-electron chi connectivity index (χ4n) is 2.09. The Morgan fingerprint density at radius 2 is 1.60 bits per heavy atom. The summed E-state index contributed by atoms with van der Waals surface area (Å²) in [5, 5.41) is 3.51. The van der Waals surface area contributed by atoms with Gasteiger partial charge >= 0.3 is 0 Å². The van der Waals surface area contributed by atoms with Crippen LogP contribution in [0.1, 0.15) is 31.0 Å². The third-order valence-electron chi connectivity index (χ3n) is 3.37. The second kappa shape index (κ2) is 7.11. The number of rotatable bonds is 6. The fourth-order valence-corrected chi connectivity index (χ4v) is 2.09. The number of aryl methyl sites for hydroxylation is 1. The van der Waals surface area contributed by atoms with Crippen LogP contribution in [-0.2, 0) is 0 Å². The third-order valence-corrected chi connectivity index (χ3v) is 3.37. The molecule has 0 fully saturated rings. The highest BCUT2D eigenvalue weighted by Gasteiger charge is 2.08. The summed E-state index contributed by atoms with van der Waals surface area (Å²) in [6, 6.07) is 19.0. The average Bonchev–Trinajstić information content (AvgIpc) is 2.48. The average molecular weight is 269 g/mol. The molecule has 0 spiro atoms. The van der Waals surface area contributed by atoms with E-state index in [0.29, 0.717) is 6.04 Å². The molecule has 0 aliphatic rings. The summed E-state index contributed by atoms with van der Waals surface area (Å²) < 4.78 is 5.89. The Hall–Kier alpha value is -1.80. The highest BCUT2D eigenvalue weighted by Crippen LogP contribution is 2.14. The number of benzene rings is 2. The first-order valence-corrected chi connectivity index (χ1v) is 7.17. The van der Waals surface area contributed by atoms with Gasteiger partial charge < -0.3 is 10.1 Å². The van der Waals surface area contributed by atoms with Gasteiger partial charge in [0.15, 0.2) is 0 Å². The summed E-state index contributed by atoms with van der Waals surface area (Å²) in [4.78, 5) is 0. The van der Waals surface area contributed by atoms with Crippen LogP contribution in [-0.4, -0.2) is 12.6 Å². The van der Waals surface area contributed by atoms with E-state index in [4.69, 9.17) is 4.74 Å². The molecule has 0 bridgehead atoms. The van der Waals surface area contributed by atoms with E-state index in [9.17, 15) is 0 Å². The zero-order valence-electron chi connectivity index (χ0n) is 12.5. The molecule has 1 N–H and O–H groups in total. The molecule has 2 nitrogen and oxygen atoms in total. The molecule has 0 aliphatic carbocycles. The van der Waals surface area contributed by atoms with E-state index in [1.165, 1.54) is 11.1 Å². The normalized spacial score (nSPS) is 13.8. The fraction of sp³-hybridized carbons (Fsp3) is 0.333. The molecule has 2 heteroatoms. The van der Waals surface area contributed by atoms with Crippen LogP contribution >= 0.6 is 0 Å². The molecular weight excluding hydrogens is 246 g/mol. The zero-order chi connectivity index (χ0) is 14.4. The van der Waals surface area contributed by atoms with Crippen LogP contribution in [0.3, 0.4) is 0 Å². The Kier molecular flexibility index (Phi) is 5.19. The van der Waals surface area contributed by atoms with Crippen LogP contribution in [0.5, 0.6) is 5.75 Å². The molecule has 2 aromatic rings. The monoisotopic (exact) mass is 269 g/mol. The molecule has 106 valence electrons. The maximum Gasteiger partial charge on any atom is 0.119 e. The summed E-state index contributed by atoms with van der Waals surface area (Å²) in [7, 11) is 0. The molecule has 0 unspecified atom stereocenters. The van der Waals surface area contributed by atoms with Crippen molar-refractivity contribution in [3.05, 3.63) is 65.7 Å². The van der Waals surface area contributed by atoms with Crippen LogP contribution in [0.15, 0.2) is 54.6 Å². The Bertz CT molecular complexity index is 507. The van der Waals surface area contributed by atoms with Crippen LogP contribution < -0.4 is 10.1 Å². The molecule has 2 rings (SSSR count). The van der Waals surface area contributed by atoms with Crippen LogP contribution in [0.25, 0.3) is 0 Å². The summed E-state index contributed by atoms with van der Waals surface area (Å²) in [5.74, 6) is 0.928. The Labute approximate surface area is 121 Å². The van der Waals surface area contributed by atoms with Crippen molar-refractivity contribution in [2.75, 3.05) is 6.54 Å².